The molecular weight excluding hydrogens is 364 g/mol. The molecule has 30 heavy (non-hydrogen) atoms. The SMILES string of the molecule is CCC(=CC(C)C1CCC2C3CC=C4CC(O)CCC4(C)C3CCC12C)CC(C)C. The van der Waals surface area contributed by atoms with Gasteiger partial charge in [-0.1, -0.05) is 64.8 Å². The summed E-state index contributed by atoms with van der Waals surface area (Å²) in [6, 6.07) is 0. The second-order valence-corrected chi connectivity index (χ2v) is 12.5. The summed E-state index contributed by atoms with van der Waals surface area (Å²) in [6.07, 6.45) is 17.9. The number of fused-ring (bicyclic) bond motifs is 5. The molecule has 4 aliphatic carbocycles. The first kappa shape index (κ1) is 22.6. The van der Waals surface area contributed by atoms with Crippen LogP contribution >= 0.6 is 0 Å². The first-order chi connectivity index (χ1) is 14.2. The molecule has 0 bridgehead atoms. The minimum Gasteiger partial charge on any atom is -0.393 e. The standard InChI is InChI=1S/C29H48O/c1-7-21(16-19(2)3)17-20(4)25-10-11-26-24-9-8-22-18-23(30)12-14-28(22,5)27(24)13-15-29(25,26)6/h8,17,19-20,23-27,30H,7,9-16,18H2,1-6H3. The lowest BCUT2D eigenvalue weighted by molar-refractivity contribution is -0.0541. The molecule has 4 aliphatic rings. The number of hydrogen-bond donors (Lipinski definition) is 1. The summed E-state index contributed by atoms with van der Waals surface area (Å²) >= 11 is 0. The number of rotatable bonds is 5. The first-order valence-corrected chi connectivity index (χ1v) is 13.3. The minimum atomic E-state index is -0.0863. The summed E-state index contributed by atoms with van der Waals surface area (Å²) in [6.45, 7) is 14.8. The van der Waals surface area contributed by atoms with Gasteiger partial charge in [0, 0.05) is 0 Å². The van der Waals surface area contributed by atoms with Crippen LogP contribution in [0.1, 0.15) is 106 Å². The van der Waals surface area contributed by atoms with Crippen LogP contribution in [0, 0.1) is 46.3 Å². The second kappa shape index (κ2) is 8.42. The normalized spacial score (nSPS) is 44.9. The van der Waals surface area contributed by atoms with Crippen molar-refractivity contribution in [3.63, 3.8) is 0 Å². The van der Waals surface area contributed by atoms with E-state index >= 15 is 0 Å². The molecule has 0 heterocycles. The molecule has 3 fully saturated rings. The van der Waals surface area contributed by atoms with Crippen LogP contribution in [0.25, 0.3) is 0 Å². The lowest BCUT2D eigenvalue weighted by Crippen LogP contribution is -2.50. The monoisotopic (exact) mass is 412 g/mol. The zero-order valence-corrected chi connectivity index (χ0v) is 20.7. The summed E-state index contributed by atoms with van der Waals surface area (Å²) in [7, 11) is 0. The molecule has 0 aliphatic heterocycles. The predicted molar refractivity (Wildman–Crippen MR) is 128 cm³/mol. The van der Waals surface area contributed by atoms with Crippen molar-refractivity contribution in [3.8, 4) is 0 Å². The van der Waals surface area contributed by atoms with E-state index in [2.05, 4.69) is 53.7 Å². The molecule has 0 aromatic heterocycles. The van der Waals surface area contributed by atoms with Gasteiger partial charge in [-0.2, -0.15) is 0 Å². The van der Waals surface area contributed by atoms with Crippen LogP contribution in [-0.2, 0) is 0 Å². The summed E-state index contributed by atoms with van der Waals surface area (Å²) in [4.78, 5) is 0. The van der Waals surface area contributed by atoms with Gasteiger partial charge in [0.1, 0.15) is 0 Å². The lowest BCUT2D eigenvalue weighted by atomic mass is 9.47. The van der Waals surface area contributed by atoms with Crippen LogP contribution in [0.3, 0.4) is 0 Å². The minimum absolute atomic E-state index is 0.0863. The zero-order valence-electron chi connectivity index (χ0n) is 20.7. The van der Waals surface area contributed by atoms with Gasteiger partial charge in [-0.3, -0.25) is 0 Å². The Hall–Kier alpha value is -0.560. The fourth-order valence-electron chi connectivity index (χ4n) is 8.89. The van der Waals surface area contributed by atoms with Gasteiger partial charge >= 0.3 is 0 Å². The number of allylic oxidation sites excluding steroid dienone is 3. The van der Waals surface area contributed by atoms with E-state index < -0.39 is 0 Å². The molecule has 0 aromatic carbocycles. The molecule has 3 saturated carbocycles. The van der Waals surface area contributed by atoms with Gasteiger partial charge in [-0.15, -0.1) is 0 Å². The Balaban J connectivity index is 1.55. The molecule has 1 heteroatoms. The highest BCUT2D eigenvalue weighted by molar-refractivity contribution is 5.25. The first-order valence-electron chi connectivity index (χ1n) is 13.3. The van der Waals surface area contributed by atoms with Crippen molar-refractivity contribution in [2.24, 2.45) is 46.3 Å². The molecular formula is C29H48O. The van der Waals surface area contributed by atoms with Crippen molar-refractivity contribution in [1.82, 2.24) is 0 Å². The molecule has 4 rings (SSSR count). The van der Waals surface area contributed by atoms with Crippen molar-refractivity contribution in [1.29, 1.82) is 0 Å². The van der Waals surface area contributed by atoms with Crippen LogP contribution in [0.2, 0.25) is 0 Å². The lowest BCUT2D eigenvalue weighted by Gasteiger charge is -2.58. The van der Waals surface area contributed by atoms with Crippen LogP contribution in [0.5, 0.6) is 0 Å². The zero-order chi connectivity index (χ0) is 21.7. The average Bonchev–Trinajstić information content (AvgIpc) is 3.05. The molecule has 0 saturated heterocycles. The Morgan fingerprint density at radius 2 is 1.87 bits per heavy atom. The van der Waals surface area contributed by atoms with E-state index in [1.165, 1.54) is 51.4 Å². The van der Waals surface area contributed by atoms with E-state index in [0.717, 1.165) is 48.3 Å². The van der Waals surface area contributed by atoms with Crippen molar-refractivity contribution < 1.29 is 5.11 Å². The maximum Gasteiger partial charge on any atom is 0.0577 e. The summed E-state index contributed by atoms with van der Waals surface area (Å²) in [5.74, 6) is 5.01. The van der Waals surface area contributed by atoms with Crippen molar-refractivity contribution in [3.05, 3.63) is 23.3 Å². The molecule has 8 unspecified atom stereocenters. The van der Waals surface area contributed by atoms with E-state index in [0.29, 0.717) is 10.8 Å². The Bertz CT molecular complexity index is 686. The fraction of sp³-hybridized carbons (Fsp3) is 0.862. The molecule has 1 nitrogen and oxygen atoms in total. The molecule has 8 atom stereocenters. The Morgan fingerprint density at radius 3 is 2.57 bits per heavy atom. The smallest absolute Gasteiger partial charge is 0.0577 e. The number of hydrogen-bond acceptors (Lipinski definition) is 1. The highest BCUT2D eigenvalue weighted by atomic mass is 16.3. The molecule has 0 radical (unpaired) electrons. The molecule has 0 aromatic rings. The summed E-state index contributed by atoms with van der Waals surface area (Å²) in [5.41, 5.74) is 4.21. The van der Waals surface area contributed by atoms with Gasteiger partial charge in [-0.05, 0) is 111 Å². The van der Waals surface area contributed by atoms with Crippen LogP contribution < -0.4 is 0 Å². The van der Waals surface area contributed by atoms with Gasteiger partial charge in [0.05, 0.1) is 6.10 Å². The van der Waals surface area contributed by atoms with Crippen molar-refractivity contribution in [2.75, 3.05) is 0 Å². The maximum atomic E-state index is 10.2. The predicted octanol–water partition coefficient (Wildman–Crippen LogP) is 7.94. The topological polar surface area (TPSA) is 20.2 Å². The summed E-state index contributed by atoms with van der Waals surface area (Å²) < 4.78 is 0. The van der Waals surface area contributed by atoms with E-state index in [1.54, 1.807) is 11.1 Å². The van der Waals surface area contributed by atoms with Gasteiger partial charge in [0.15, 0.2) is 0 Å². The van der Waals surface area contributed by atoms with E-state index in [4.69, 9.17) is 0 Å². The quantitative estimate of drug-likeness (QED) is 0.454. The van der Waals surface area contributed by atoms with Crippen LogP contribution in [-0.4, -0.2) is 11.2 Å². The van der Waals surface area contributed by atoms with Crippen LogP contribution in [0.15, 0.2) is 23.3 Å². The van der Waals surface area contributed by atoms with Crippen molar-refractivity contribution in [2.45, 2.75) is 112 Å². The molecule has 170 valence electrons. The number of aliphatic hydroxyl groups excluding tert-OH is 1. The largest absolute Gasteiger partial charge is 0.393 e. The van der Waals surface area contributed by atoms with Gasteiger partial charge in [0.2, 0.25) is 0 Å². The highest BCUT2D eigenvalue weighted by Crippen LogP contribution is 2.67. The second-order valence-electron chi connectivity index (χ2n) is 12.5. The highest BCUT2D eigenvalue weighted by Gasteiger charge is 2.58. The van der Waals surface area contributed by atoms with E-state index in [1.807, 2.05) is 0 Å². The third-order valence-electron chi connectivity index (χ3n) is 10.4. The number of aliphatic hydroxyl groups is 1. The average molecular weight is 413 g/mol. The van der Waals surface area contributed by atoms with E-state index in [9.17, 15) is 5.11 Å². The third kappa shape index (κ3) is 3.76. The Kier molecular flexibility index (Phi) is 6.35. The molecule has 0 spiro atoms. The molecule has 1 N–H and O–H groups in total. The molecule has 0 amide bonds. The van der Waals surface area contributed by atoms with Gasteiger partial charge in [-0.25, -0.2) is 0 Å². The van der Waals surface area contributed by atoms with Crippen molar-refractivity contribution >= 4 is 0 Å². The maximum absolute atomic E-state index is 10.2. The van der Waals surface area contributed by atoms with Gasteiger partial charge in [0.25, 0.3) is 0 Å². The van der Waals surface area contributed by atoms with Gasteiger partial charge < -0.3 is 5.11 Å². The van der Waals surface area contributed by atoms with E-state index in [-0.39, 0.29) is 6.10 Å². The summed E-state index contributed by atoms with van der Waals surface area (Å²) in [5, 5.41) is 10.2. The fourth-order valence-corrected chi connectivity index (χ4v) is 8.89. The Morgan fingerprint density at radius 1 is 1.10 bits per heavy atom. The third-order valence-corrected chi connectivity index (χ3v) is 10.4. The Labute approximate surface area is 186 Å². The van der Waals surface area contributed by atoms with Crippen LogP contribution in [0.4, 0.5) is 0 Å².